The Morgan fingerprint density at radius 1 is 1.46 bits per heavy atom. The van der Waals surface area contributed by atoms with Crippen LogP contribution in [-0.2, 0) is 9.47 Å². The highest BCUT2D eigenvalue weighted by atomic mass is 16.5. The van der Waals surface area contributed by atoms with Gasteiger partial charge in [-0.2, -0.15) is 0 Å². The van der Waals surface area contributed by atoms with Crippen molar-refractivity contribution < 1.29 is 9.47 Å². The van der Waals surface area contributed by atoms with E-state index in [1.807, 2.05) is 27.7 Å². The first kappa shape index (κ1) is 12.9. The SMILES string of the molecule is CC.CC(C)OCC1COCCN1. The van der Waals surface area contributed by atoms with Crippen molar-refractivity contribution in [2.45, 2.75) is 39.8 Å². The summed E-state index contributed by atoms with van der Waals surface area (Å²) in [6.45, 7) is 11.4. The predicted molar refractivity (Wildman–Crippen MR) is 55.0 cm³/mol. The van der Waals surface area contributed by atoms with E-state index in [1.54, 1.807) is 0 Å². The fourth-order valence-corrected chi connectivity index (χ4v) is 1.04. The Hall–Kier alpha value is -0.120. The summed E-state index contributed by atoms with van der Waals surface area (Å²) in [6.07, 6.45) is 0.318. The minimum atomic E-state index is 0.318. The van der Waals surface area contributed by atoms with Crippen molar-refractivity contribution in [1.29, 1.82) is 0 Å². The van der Waals surface area contributed by atoms with E-state index in [4.69, 9.17) is 9.47 Å². The molecule has 1 heterocycles. The van der Waals surface area contributed by atoms with Crippen LogP contribution in [0.3, 0.4) is 0 Å². The van der Waals surface area contributed by atoms with Gasteiger partial charge in [0.2, 0.25) is 0 Å². The van der Waals surface area contributed by atoms with Crippen LogP contribution in [0, 0.1) is 0 Å². The molecule has 1 saturated heterocycles. The number of hydrogen-bond acceptors (Lipinski definition) is 3. The third kappa shape index (κ3) is 6.99. The van der Waals surface area contributed by atoms with E-state index >= 15 is 0 Å². The summed E-state index contributed by atoms with van der Waals surface area (Å²) in [7, 11) is 0. The molecule has 1 rings (SSSR count). The number of morpholine rings is 1. The van der Waals surface area contributed by atoms with Gasteiger partial charge >= 0.3 is 0 Å². The Morgan fingerprint density at radius 3 is 2.62 bits per heavy atom. The van der Waals surface area contributed by atoms with Crippen LogP contribution in [-0.4, -0.2) is 38.5 Å². The normalized spacial score (nSPS) is 22.4. The monoisotopic (exact) mass is 189 g/mol. The number of nitrogens with one attached hydrogen (secondary N) is 1. The quantitative estimate of drug-likeness (QED) is 0.728. The second-order valence-electron chi connectivity index (χ2n) is 3.11. The molecule has 1 atom stereocenters. The molecule has 1 N–H and O–H groups in total. The fraction of sp³-hybridized carbons (Fsp3) is 1.00. The third-order valence-corrected chi connectivity index (χ3v) is 1.63. The number of rotatable bonds is 3. The van der Waals surface area contributed by atoms with Crippen LogP contribution in [0.15, 0.2) is 0 Å². The van der Waals surface area contributed by atoms with Crippen molar-refractivity contribution in [3.05, 3.63) is 0 Å². The number of ether oxygens (including phenoxy) is 2. The fourth-order valence-electron chi connectivity index (χ4n) is 1.04. The average molecular weight is 189 g/mol. The zero-order valence-corrected chi connectivity index (χ0v) is 9.30. The highest BCUT2D eigenvalue weighted by Crippen LogP contribution is 1.96. The molecular weight excluding hydrogens is 166 g/mol. The van der Waals surface area contributed by atoms with Crippen molar-refractivity contribution in [3.63, 3.8) is 0 Å². The highest BCUT2D eigenvalue weighted by Gasteiger charge is 2.12. The molecule has 0 saturated carbocycles. The molecule has 13 heavy (non-hydrogen) atoms. The maximum atomic E-state index is 5.44. The first-order chi connectivity index (χ1) is 6.29. The Balaban J connectivity index is 0.000000671. The van der Waals surface area contributed by atoms with E-state index in [0.29, 0.717) is 12.1 Å². The molecule has 0 aliphatic carbocycles. The molecule has 0 bridgehead atoms. The summed E-state index contributed by atoms with van der Waals surface area (Å²) in [5.74, 6) is 0. The van der Waals surface area contributed by atoms with Crippen LogP contribution in [0.5, 0.6) is 0 Å². The highest BCUT2D eigenvalue weighted by molar-refractivity contribution is 4.69. The van der Waals surface area contributed by atoms with Crippen LogP contribution in [0.2, 0.25) is 0 Å². The summed E-state index contributed by atoms with van der Waals surface area (Å²) in [4.78, 5) is 0. The van der Waals surface area contributed by atoms with Crippen LogP contribution in [0.1, 0.15) is 27.7 Å². The van der Waals surface area contributed by atoms with E-state index in [2.05, 4.69) is 5.32 Å². The molecule has 1 aliphatic heterocycles. The molecule has 0 amide bonds. The van der Waals surface area contributed by atoms with Gasteiger partial charge in [-0.05, 0) is 13.8 Å². The van der Waals surface area contributed by atoms with Crippen molar-refractivity contribution in [3.8, 4) is 0 Å². The summed E-state index contributed by atoms with van der Waals surface area (Å²) in [5.41, 5.74) is 0. The standard InChI is InChI=1S/C8H17NO2.C2H6/c1-7(2)11-6-8-5-10-4-3-9-8;1-2/h7-9H,3-6H2,1-2H3;1-2H3. The van der Waals surface area contributed by atoms with Gasteiger partial charge in [0.1, 0.15) is 0 Å². The molecule has 3 heteroatoms. The second kappa shape index (κ2) is 8.48. The molecule has 1 unspecified atom stereocenters. The summed E-state index contributed by atoms with van der Waals surface area (Å²) >= 11 is 0. The molecule has 0 radical (unpaired) electrons. The third-order valence-electron chi connectivity index (χ3n) is 1.63. The lowest BCUT2D eigenvalue weighted by Crippen LogP contribution is -2.44. The van der Waals surface area contributed by atoms with E-state index in [-0.39, 0.29) is 0 Å². The van der Waals surface area contributed by atoms with Gasteiger partial charge < -0.3 is 14.8 Å². The van der Waals surface area contributed by atoms with Crippen molar-refractivity contribution in [2.75, 3.05) is 26.4 Å². The van der Waals surface area contributed by atoms with Crippen molar-refractivity contribution in [2.24, 2.45) is 0 Å². The molecule has 80 valence electrons. The average Bonchev–Trinajstić information content (AvgIpc) is 2.19. The van der Waals surface area contributed by atoms with Crippen LogP contribution in [0.25, 0.3) is 0 Å². The van der Waals surface area contributed by atoms with E-state index in [9.17, 15) is 0 Å². The smallest absolute Gasteiger partial charge is 0.0645 e. The molecule has 0 aromatic heterocycles. The van der Waals surface area contributed by atoms with Gasteiger partial charge in [-0.1, -0.05) is 13.8 Å². The Bertz CT molecular complexity index is 101. The van der Waals surface area contributed by atoms with E-state index in [0.717, 1.165) is 26.4 Å². The Labute approximate surface area is 81.8 Å². The molecular formula is C10H23NO2. The van der Waals surface area contributed by atoms with Gasteiger partial charge in [-0.3, -0.25) is 0 Å². The zero-order valence-electron chi connectivity index (χ0n) is 9.30. The minimum Gasteiger partial charge on any atom is -0.378 e. The lowest BCUT2D eigenvalue weighted by atomic mass is 10.3. The Kier molecular flexibility index (Phi) is 8.40. The summed E-state index contributed by atoms with van der Waals surface area (Å²) in [6, 6.07) is 0.395. The first-order valence-corrected chi connectivity index (χ1v) is 5.22. The maximum absolute atomic E-state index is 5.44. The minimum absolute atomic E-state index is 0.318. The topological polar surface area (TPSA) is 30.5 Å². The number of hydrogen-bond donors (Lipinski definition) is 1. The van der Waals surface area contributed by atoms with E-state index in [1.165, 1.54) is 0 Å². The second-order valence-corrected chi connectivity index (χ2v) is 3.11. The van der Waals surface area contributed by atoms with Crippen LogP contribution < -0.4 is 5.32 Å². The van der Waals surface area contributed by atoms with Crippen LogP contribution >= 0.6 is 0 Å². The molecule has 0 aromatic carbocycles. The van der Waals surface area contributed by atoms with Gasteiger partial charge in [-0.15, -0.1) is 0 Å². The zero-order chi connectivity index (χ0) is 10.1. The molecule has 0 aromatic rings. The van der Waals surface area contributed by atoms with Crippen LogP contribution in [0.4, 0.5) is 0 Å². The largest absolute Gasteiger partial charge is 0.378 e. The lowest BCUT2D eigenvalue weighted by Gasteiger charge is -2.24. The molecule has 0 spiro atoms. The predicted octanol–water partition coefficient (Wildman–Crippen LogP) is 1.43. The molecule has 3 nitrogen and oxygen atoms in total. The Morgan fingerprint density at radius 2 is 2.15 bits per heavy atom. The van der Waals surface area contributed by atoms with Gasteiger partial charge in [0.25, 0.3) is 0 Å². The van der Waals surface area contributed by atoms with Crippen molar-refractivity contribution in [1.82, 2.24) is 5.32 Å². The van der Waals surface area contributed by atoms with Gasteiger partial charge in [0.15, 0.2) is 0 Å². The molecule has 1 fully saturated rings. The van der Waals surface area contributed by atoms with Gasteiger partial charge in [-0.25, -0.2) is 0 Å². The van der Waals surface area contributed by atoms with Gasteiger partial charge in [0, 0.05) is 6.54 Å². The maximum Gasteiger partial charge on any atom is 0.0645 e. The van der Waals surface area contributed by atoms with E-state index < -0.39 is 0 Å². The lowest BCUT2D eigenvalue weighted by molar-refractivity contribution is 0.00894. The molecule has 1 aliphatic rings. The first-order valence-electron chi connectivity index (χ1n) is 5.22. The summed E-state index contributed by atoms with van der Waals surface area (Å²) < 4.78 is 10.7. The summed E-state index contributed by atoms with van der Waals surface area (Å²) in [5, 5.41) is 3.32. The van der Waals surface area contributed by atoms with Crippen molar-refractivity contribution >= 4 is 0 Å². The van der Waals surface area contributed by atoms with Gasteiger partial charge in [0.05, 0.1) is 32.0 Å².